The Hall–Kier alpha value is -3.15. The lowest BCUT2D eigenvalue weighted by Gasteiger charge is -2.35. The van der Waals surface area contributed by atoms with Gasteiger partial charge in [-0.1, -0.05) is 12.2 Å². The van der Waals surface area contributed by atoms with Crippen molar-refractivity contribution in [2.24, 2.45) is 0 Å². The monoisotopic (exact) mass is 480 g/mol. The molecule has 1 aromatic carbocycles. The van der Waals surface area contributed by atoms with Gasteiger partial charge in [0.25, 0.3) is 0 Å². The van der Waals surface area contributed by atoms with Crippen LogP contribution in [-0.4, -0.2) is 93.3 Å². The number of aliphatic hydroxyl groups is 1. The lowest BCUT2D eigenvalue weighted by molar-refractivity contribution is -0.170. The number of aryl methyl sites for hydroxylation is 1. The first-order chi connectivity index (χ1) is 15.9. The van der Waals surface area contributed by atoms with Crippen molar-refractivity contribution in [3.63, 3.8) is 0 Å². The van der Waals surface area contributed by atoms with Gasteiger partial charge in [-0.15, -0.1) is 0 Å². The van der Waals surface area contributed by atoms with Gasteiger partial charge in [0.2, 0.25) is 6.79 Å². The maximum absolute atomic E-state index is 10.3. The number of fused-ring (bicyclic) bond motifs is 1. The van der Waals surface area contributed by atoms with E-state index in [0.717, 1.165) is 50.8 Å². The second-order valence-electron chi connectivity index (χ2n) is 8.62. The summed E-state index contributed by atoms with van der Waals surface area (Å²) in [5.74, 6) is -3.26. The van der Waals surface area contributed by atoms with Crippen molar-refractivity contribution in [3.8, 4) is 11.5 Å². The predicted octanol–water partition coefficient (Wildman–Crippen LogP) is 1.17. The standard InChI is InChI=1S/C17H24N2O2.C6H8O7/c1-13(2)10-18-4-6-19(7-5-18)11-15-9-17-16(8-14(15)3)20-12-21-17;7-3(8)1-6(13,5(11)12)2-4(9)10/h8-9H,1,4-7,10-12H2,2-3H3;13H,1-2H2,(H,7,8)(H,9,10)(H,11,12). The zero-order chi connectivity index (χ0) is 25.5. The maximum atomic E-state index is 10.3. The molecule has 0 saturated carbocycles. The number of carboxylic acids is 3. The van der Waals surface area contributed by atoms with Crippen LogP contribution < -0.4 is 9.47 Å². The van der Waals surface area contributed by atoms with Crippen molar-refractivity contribution in [1.82, 2.24) is 9.80 Å². The second kappa shape index (κ2) is 11.8. The van der Waals surface area contributed by atoms with Gasteiger partial charge in [-0.05, 0) is 37.1 Å². The number of nitrogens with zero attached hydrogens (tertiary/aromatic N) is 2. The summed E-state index contributed by atoms with van der Waals surface area (Å²) in [6.45, 7) is 15.1. The van der Waals surface area contributed by atoms with Crippen LogP contribution in [0.4, 0.5) is 0 Å². The normalized spacial score (nSPS) is 15.9. The molecule has 4 N–H and O–H groups in total. The fourth-order valence-corrected chi connectivity index (χ4v) is 3.70. The highest BCUT2D eigenvalue weighted by Crippen LogP contribution is 2.35. The summed E-state index contributed by atoms with van der Waals surface area (Å²) in [6.07, 6.45) is -2.29. The quantitative estimate of drug-likeness (QED) is 0.376. The van der Waals surface area contributed by atoms with E-state index in [1.807, 2.05) is 0 Å². The first kappa shape index (κ1) is 27.1. The van der Waals surface area contributed by atoms with E-state index in [1.165, 1.54) is 16.7 Å². The third-order valence-electron chi connectivity index (χ3n) is 5.47. The molecule has 0 radical (unpaired) electrons. The van der Waals surface area contributed by atoms with Crippen LogP contribution >= 0.6 is 0 Å². The van der Waals surface area contributed by atoms with E-state index in [1.54, 1.807) is 0 Å². The van der Waals surface area contributed by atoms with Crippen molar-refractivity contribution in [2.45, 2.75) is 38.8 Å². The Morgan fingerprint density at radius 1 is 0.971 bits per heavy atom. The van der Waals surface area contributed by atoms with E-state index >= 15 is 0 Å². The highest BCUT2D eigenvalue weighted by Gasteiger charge is 2.40. The molecule has 3 rings (SSSR count). The van der Waals surface area contributed by atoms with Gasteiger partial charge in [0.1, 0.15) is 0 Å². The highest BCUT2D eigenvalue weighted by atomic mass is 16.7. The molecule has 11 nitrogen and oxygen atoms in total. The first-order valence-electron chi connectivity index (χ1n) is 10.8. The summed E-state index contributed by atoms with van der Waals surface area (Å²) >= 11 is 0. The van der Waals surface area contributed by atoms with Crippen LogP contribution in [0.15, 0.2) is 24.3 Å². The molecule has 0 atom stereocenters. The molecule has 2 aliphatic heterocycles. The summed E-state index contributed by atoms with van der Waals surface area (Å²) in [7, 11) is 0. The number of hydrogen-bond acceptors (Lipinski definition) is 8. The Kier molecular flexibility index (Phi) is 9.42. The summed E-state index contributed by atoms with van der Waals surface area (Å²) < 4.78 is 10.9. The molecular formula is C23H32N2O9. The van der Waals surface area contributed by atoms with E-state index in [9.17, 15) is 14.4 Å². The molecule has 1 fully saturated rings. The van der Waals surface area contributed by atoms with E-state index < -0.39 is 36.4 Å². The number of ether oxygens (including phenoxy) is 2. The fourth-order valence-electron chi connectivity index (χ4n) is 3.70. The molecule has 0 aromatic heterocycles. The molecule has 2 heterocycles. The van der Waals surface area contributed by atoms with Crippen molar-refractivity contribution in [1.29, 1.82) is 0 Å². The van der Waals surface area contributed by atoms with Crippen LogP contribution in [0, 0.1) is 6.92 Å². The van der Waals surface area contributed by atoms with Gasteiger partial charge in [0, 0.05) is 39.3 Å². The molecule has 34 heavy (non-hydrogen) atoms. The summed E-state index contributed by atoms with van der Waals surface area (Å²) in [4.78, 5) is 35.5. The van der Waals surface area contributed by atoms with Gasteiger partial charge >= 0.3 is 17.9 Å². The van der Waals surface area contributed by atoms with Crippen LogP contribution in [0.1, 0.15) is 30.9 Å². The smallest absolute Gasteiger partial charge is 0.336 e. The van der Waals surface area contributed by atoms with Gasteiger partial charge in [-0.2, -0.15) is 0 Å². The van der Waals surface area contributed by atoms with Crippen molar-refractivity contribution in [3.05, 3.63) is 35.4 Å². The van der Waals surface area contributed by atoms with Gasteiger partial charge in [0.15, 0.2) is 17.1 Å². The molecular weight excluding hydrogens is 448 g/mol. The highest BCUT2D eigenvalue weighted by molar-refractivity contribution is 5.88. The lowest BCUT2D eigenvalue weighted by Crippen LogP contribution is -2.46. The Balaban J connectivity index is 0.000000273. The summed E-state index contributed by atoms with van der Waals surface area (Å²) in [6, 6.07) is 4.23. The Labute approximate surface area is 197 Å². The average molecular weight is 481 g/mol. The third kappa shape index (κ3) is 8.01. The second-order valence-corrected chi connectivity index (χ2v) is 8.62. The van der Waals surface area contributed by atoms with Crippen LogP contribution in [-0.2, 0) is 20.9 Å². The molecule has 0 bridgehead atoms. The Morgan fingerprint density at radius 3 is 1.94 bits per heavy atom. The van der Waals surface area contributed by atoms with Gasteiger partial charge in [0.05, 0.1) is 12.8 Å². The molecule has 188 valence electrons. The molecule has 0 unspecified atom stereocenters. The van der Waals surface area contributed by atoms with Crippen LogP contribution in [0.2, 0.25) is 0 Å². The van der Waals surface area contributed by atoms with E-state index in [2.05, 4.69) is 42.4 Å². The minimum Gasteiger partial charge on any atom is -0.481 e. The third-order valence-corrected chi connectivity index (χ3v) is 5.47. The number of benzene rings is 1. The van der Waals surface area contributed by atoms with E-state index in [0.29, 0.717) is 6.79 Å². The van der Waals surface area contributed by atoms with E-state index in [4.69, 9.17) is 29.9 Å². The fraction of sp³-hybridized carbons (Fsp3) is 0.522. The first-order valence-corrected chi connectivity index (χ1v) is 10.8. The molecule has 2 aliphatic rings. The number of hydrogen-bond donors (Lipinski definition) is 4. The summed E-state index contributed by atoms with van der Waals surface area (Å²) in [5.41, 5.74) is 1.13. The number of carboxylic acid groups (broad SMARTS) is 3. The number of carbonyl (C=O) groups is 3. The predicted molar refractivity (Wildman–Crippen MR) is 121 cm³/mol. The number of aliphatic carboxylic acids is 3. The van der Waals surface area contributed by atoms with Gasteiger partial charge in [-0.3, -0.25) is 19.4 Å². The van der Waals surface area contributed by atoms with Crippen molar-refractivity contribution < 1.29 is 44.3 Å². The molecule has 0 amide bonds. The minimum absolute atomic E-state index is 0.345. The topological polar surface area (TPSA) is 157 Å². The number of rotatable bonds is 9. The zero-order valence-electron chi connectivity index (χ0n) is 19.5. The Morgan fingerprint density at radius 2 is 1.47 bits per heavy atom. The SMILES string of the molecule is C=C(C)CN1CCN(Cc2cc3c(cc2C)OCO3)CC1.O=C(O)CC(O)(CC(=O)O)C(=O)O. The van der Waals surface area contributed by atoms with Gasteiger partial charge in [-0.25, -0.2) is 4.79 Å². The van der Waals surface area contributed by atoms with Gasteiger partial charge < -0.3 is 29.9 Å². The molecule has 1 saturated heterocycles. The largest absolute Gasteiger partial charge is 0.481 e. The average Bonchev–Trinajstić information content (AvgIpc) is 3.15. The minimum atomic E-state index is -2.74. The molecule has 11 heteroatoms. The molecule has 1 aromatic rings. The van der Waals surface area contributed by atoms with Crippen LogP contribution in [0.3, 0.4) is 0 Å². The Bertz CT molecular complexity index is 907. The lowest BCUT2D eigenvalue weighted by atomic mass is 9.96. The number of piperazine rings is 1. The van der Waals surface area contributed by atoms with E-state index in [-0.39, 0.29) is 0 Å². The van der Waals surface area contributed by atoms with Crippen molar-refractivity contribution in [2.75, 3.05) is 39.5 Å². The molecule has 0 aliphatic carbocycles. The molecule has 0 spiro atoms. The zero-order valence-corrected chi connectivity index (χ0v) is 19.5. The van der Waals surface area contributed by atoms with Crippen LogP contribution in [0.5, 0.6) is 11.5 Å². The van der Waals surface area contributed by atoms with Crippen molar-refractivity contribution >= 4 is 17.9 Å². The summed E-state index contributed by atoms with van der Waals surface area (Å²) in [5, 5.41) is 33.8. The maximum Gasteiger partial charge on any atom is 0.336 e. The van der Waals surface area contributed by atoms with Crippen LogP contribution in [0.25, 0.3) is 0 Å².